The SMILES string of the molecule is C=Cc1sc2c(-c3ccc(Cc4ccccc4N=C(Cl)N=C)cc3)cccc2c1/C=C\C. The first-order chi connectivity index (χ1) is 15.6. The van der Waals surface area contributed by atoms with Crippen LogP contribution in [0.3, 0.4) is 0 Å². The molecule has 0 aliphatic carbocycles. The standard InChI is InChI=1S/C28H23ClN2S/c1-4-9-23-24-12-8-11-22(27(24)32-26(23)5-2)20-16-14-19(15-17-20)18-21-10-6-7-13-25(21)31-28(29)30-3/h4-17H,2-3,18H2,1H3/b9-4-,31-28?. The number of aliphatic imine (C=N–C) groups is 2. The van der Waals surface area contributed by atoms with Crippen LogP contribution in [0.5, 0.6) is 0 Å². The molecule has 2 nitrogen and oxygen atoms in total. The molecule has 1 aromatic heterocycles. The molecule has 0 unspecified atom stereocenters. The molecular weight excluding hydrogens is 432 g/mol. The average Bonchev–Trinajstić information content (AvgIpc) is 3.19. The van der Waals surface area contributed by atoms with E-state index in [9.17, 15) is 0 Å². The van der Waals surface area contributed by atoms with Crippen LogP contribution in [-0.4, -0.2) is 12.0 Å². The minimum atomic E-state index is 0.146. The maximum atomic E-state index is 5.97. The topological polar surface area (TPSA) is 24.7 Å². The second-order valence-electron chi connectivity index (χ2n) is 7.31. The number of thiophene rings is 1. The predicted molar refractivity (Wildman–Crippen MR) is 144 cm³/mol. The Hall–Kier alpha value is -3.27. The molecule has 0 aliphatic heterocycles. The van der Waals surface area contributed by atoms with Gasteiger partial charge in [-0.25, -0.2) is 9.98 Å². The highest BCUT2D eigenvalue weighted by Gasteiger charge is 2.12. The van der Waals surface area contributed by atoms with Gasteiger partial charge >= 0.3 is 0 Å². The monoisotopic (exact) mass is 454 g/mol. The highest BCUT2D eigenvalue weighted by Crippen LogP contribution is 2.39. The maximum Gasteiger partial charge on any atom is 0.222 e. The summed E-state index contributed by atoms with van der Waals surface area (Å²) in [5.74, 6) is 0. The Kier molecular flexibility index (Phi) is 6.79. The van der Waals surface area contributed by atoms with Crippen LogP contribution in [0.1, 0.15) is 28.5 Å². The first kappa shape index (κ1) is 21.9. The summed E-state index contributed by atoms with van der Waals surface area (Å²) in [4.78, 5) is 9.23. The summed E-state index contributed by atoms with van der Waals surface area (Å²) in [5.41, 5.74) is 6.80. The number of para-hydroxylation sites is 1. The van der Waals surface area contributed by atoms with Crippen LogP contribution >= 0.6 is 22.9 Å². The molecule has 4 rings (SSSR count). The third-order valence-corrected chi connectivity index (χ3v) is 6.75. The number of halogens is 1. The highest BCUT2D eigenvalue weighted by molar-refractivity contribution is 7.20. The van der Waals surface area contributed by atoms with Crippen molar-refractivity contribution in [3.63, 3.8) is 0 Å². The summed E-state index contributed by atoms with van der Waals surface area (Å²) in [6, 6.07) is 23.2. The number of nitrogens with zero attached hydrogens (tertiary/aromatic N) is 2. The van der Waals surface area contributed by atoms with Crippen molar-refractivity contribution >= 4 is 62.9 Å². The number of hydrogen-bond acceptors (Lipinski definition) is 2. The van der Waals surface area contributed by atoms with Crippen LogP contribution < -0.4 is 0 Å². The van der Waals surface area contributed by atoms with E-state index in [1.54, 1.807) is 11.3 Å². The van der Waals surface area contributed by atoms with E-state index in [0.717, 1.165) is 17.7 Å². The van der Waals surface area contributed by atoms with E-state index in [0.29, 0.717) is 0 Å². The lowest BCUT2D eigenvalue weighted by molar-refractivity contribution is 1.18. The summed E-state index contributed by atoms with van der Waals surface area (Å²) in [7, 11) is 0. The van der Waals surface area contributed by atoms with Gasteiger partial charge in [-0.05, 0) is 65.5 Å². The van der Waals surface area contributed by atoms with Crippen LogP contribution in [0, 0.1) is 0 Å². The van der Waals surface area contributed by atoms with Crippen molar-refractivity contribution in [2.24, 2.45) is 9.98 Å². The number of allylic oxidation sites excluding steroid dienone is 1. The van der Waals surface area contributed by atoms with Crippen LogP contribution in [0.15, 0.2) is 89.4 Å². The first-order valence-corrected chi connectivity index (χ1v) is 11.5. The van der Waals surface area contributed by atoms with Gasteiger partial charge in [-0.2, -0.15) is 0 Å². The van der Waals surface area contributed by atoms with Gasteiger partial charge in [0.2, 0.25) is 5.29 Å². The third-order valence-electron chi connectivity index (χ3n) is 5.30. The molecule has 0 atom stereocenters. The highest BCUT2D eigenvalue weighted by atomic mass is 35.5. The van der Waals surface area contributed by atoms with Gasteiger partial charge in [0.05, 0.1) is 5.69 Å². The quantitative estimate of drug-likeness (QED) is 0.158. The van der Waals surface area contributed by atoms with E-state index in [2.05, 4.69) is 84.0 Å². The normalized spacial score (nSPS) is 11.9. The molecule has 0 bridgehead atoms. The molecule has 4 heteroatoms. The molecule has 0 N–H and O–H groups in total. The van der Waals surface area contributed by atoms with Gasteiger partial charge in [-0.1, -0.05) is 85.5 Å². The van der Waals surface area contributed by atoms with Crippen LogP contribution in [0.25, 0.3) is 33.4 Å². The largest absolute Gasteiger partial charge is 0.234 e. The van der Waals surface area contributed by atoms with E-state index in [1.807, 2.05) is 31.2 Å². The Labute approximate surface area is 198 Å². The zero-order chi connectivity index (χ0) is 22.5. The third kappa shape index (κ3) is 4.50. The van der Waals surface area contributed by atoms with Crippen LogP contribution in [0.4, 0.5) is 5.69 Å². The molecule has 0 saturated carbocycles. The smallest absolute Gasteiger partial charge is 0.222 e. The number of fused-ring (bicyclic) bond motifs is 1. The van der Waals surface area contributed by atoms with Crippen LogP contribution in [-0.2, 0) is 6.42 Å². The lowest BCUT2D eigenvalue weighted by Gasteiger charge is -2.08. The number of rotatable bonds is 6. The molecule has 0 fully saturated rings. The first-order valence-electron chi connectivity index (χ1n) is 10.3. The van der Waals surface area contributed by atoms with E-state index >= 15 is 0 Å². The summed E-state index contributed by atoms with van der Waals surface area (Å²) >= 11 is 7.76. The molecule has 4 aromatic rings. The molecule has 158 valence electrons. The Morgan fingerprint density at radius 1 is 1.03 bits per heavy atom. The second-order valence-corrected chi connectivity index (χ2v) is 8.70. The van der Waals surface area contributed by atoms with E-state index in [4.69, 9.17) is 11.6 Å². The summed E-state index contributed by atoms with van der Waals surface area (Å²) in [5, 5.41) is 1.41. The zero-order valence-corrected chi connectivity index (χ0v) is 19.5. The van der Waals surface area contributed by atoms with Crippen molar-refractivity contribution in [3.05, 3.63) is 101 Å². The van der Waals surface area contributed by atoms with E-state index in [1.165, 1.54) is 37.2 Å². The lowest BCUT2D eigenvalue weighted by Crippen LogP contribution is -1.90. The van der Waals surface area contributed by atoms with Gasteiger partial charge in [0.25, 0.3) is 0 Å². The Morgan fingerprint density at radius 2 is 1.81 bits per heavy atom. The summed E-state index contributed by atoms with van der Waals surface area (Å²) in [6.07, 6.45) is 6.95. The molecule has 0 spiro atoms. The Bertz CT molecular complexity index is 1340. The van der Waals surface area contributed by atoms with Gasteiger partial charge in [-0.3, -0.25) is 0 Å². The lowest BCUT2D eigenvalue weighted by atomic mass is 9.98. The van der Waals surface area contributed by atoms with Gasteiger partial charge in [0.1, 0.15) is 0 Å². The number of hydrogen-bond donors (Lipinski definition) is 0. The molecular formula is C28H23ClN2S. The Balaban J connectivity index is 1.68. The van der Waals surface area contributed by atoms with Crippen molar-refractivity contribution in [3.8, 4) is 11.1 Å². The van der Waals surface area contributed by atoms with E-state index < -0.39 is 0 Å². The van der Waals surface area contributed by atoms with Gasteiger partial charge in [-0.15, -0.1) is 11.3 Å². The molecule has 3 aromatic carbocycles. The minimum absolute atomic E-state index is 0.146. The minimum Gasteiger partial charge on any atom is -0.234 e. The fourth-order valence-corrected chi connectivity index (χ4v) is 5.07. The second kappa shape index (κ2) is 9.90. The summed E-state index contributed by atoms with van der Waals surface area (Å²) < 4.78 is 1.29. The predicted octanol–water partition coefficient (Wildman–Crippen LogP) is 8.76. The fourth-order valence-electron chi connectivity index (χ4n) is 3.80. The summed E-state index contributed by atoms with van der Waals surface area (Å²) in [6.45, 7) is 9.48. The molecule has 32 heavy (non-hydrogen) atoms. The molecule has 0 amide bonds. The molecule has 0 radical (unpaired) electrons. The van der Waals surface area contributed by atoms with Crippen molar-refractivity contribution in [2.75, 3.05) is 0 Å². The van der Waals surface area contributed by atoms with Crippen molar-refractivity contribution in [2.45, 2.75) is 13.3 Å². The van der Waals surface area contributed by atoms with Crippen molar-refractivity contribution < 1.29 is 0 Å². The average molecular weight is 455 g/mol. The fraction of sp³-hybridized carbons (Fsp3) is 0.0714. The number of amidine groups is 1. The molecule has 0 aliphatic rings. The van der Waals surface area contributed by atoms with Crippen LogP contribution in [0.2, 0.25) is 0 Å². The van der Waals surface area contributed by atoms with Gasteiger partial charge in [0, 0.05) is 15.0 Å². The van der Waals surface area contributed by atoms with Gasteiger partial charge < -0.3 is 0 Å². The maximum absolute atomic E-state index is 5.97. The number of benzene rings is 3. The zero-order valence-electron chi connectivity index (χ0n) is 17.9. The van der Waals surface area contributed by atoms with Crippen molar-refractivity contribution in [1.82, 2.24) is 0 Å². The molecule has 0 saturated heterocycles. The van der Waals surface area contributed by atoms with E-state index in [-0.39, 0.29) is 5.29 Å². The van der Waals surface area contributed by atoms with Gasteiger partial charge in [0.15, 0.2) is 0 Å². The van der Waals surface area contributed by atoms with Crippen molar-refractivity contribution in [1.29, 1.82) is 0 Å². The Morgan fingerprint density at radius 3 is 2.53 bits per heavy atom. The molecule has 1 heterocycles.